The zero-order valence-corrected chi connectivity index (χ0v) is 18.2. The molecule has 0 bridgehead atoms. The van der Waals surface area contributed by atoms with E-state index in [0.29, 0.717) is 45.7 Å². The van der Waals surface area contributed by atoms with Crippen molar-refractivity contribution in [3.05, 3.63) is 73.0 Å². The number of non-ortho nitro benzene ring substituents is 1. The SMILES string of the molecule is CCOCCn1c(=NC(=O)/C=C/c2ccc([N+](=O)[O-])cc2)sc2ccc(Cl)c(Cl)c21. The van der Waals surface area contributed by atoms with Crippen molar-refractivity contribution in [2.24, 2.45) is 4.99 Å². The minimum Gasteiger partial charge on any atom is -0.380 e. The summed E-state index contributed by atoms with van der Waals surface area (Å²) in [5, 5.41) is 11.5. The molecule has 0 atom stereocenters. The van der Waals surface area contributed by atoms with E-state index in [1.807, 2.05) is 17.6 Å². The molecule has 2 aromatic carbocycles. The molecule has 0 aliphatic heterocycles. The van der Waals surface area contributed by atoms with E-state index in [1.54, 1.807) is 24.3 Å². The maximum atomic E-state index is 12.4. The third kappa shape index (κ3) is 5.14. The average Bonchev–Trinajstić information content (AvgIpc) is 3.07. The van der Waals surface area contributed by atoms with Crippen molar-refractivity contribution in [2.75, 3.05) is 13.2 Å². The van der Waals surface area contributed by atoms with Gasteiger partial charge in [0.25, 0.3) is 11.6 Å². The number of thiazole rings is 1. The Hall–Kier alpha value is -2.52. The van der Waals surface area contributed by atoms with Crippen molar-refractivity contribution in [2.45, 2.75) is 13.5 Å². The molecule has 0 aliphatic rings. The van der Waals surface area contributed by atoms with E-state index >= 15 is 0 Å². The largest absolute Gasteiger partial charge is 0.380 e. The molecule has 1 amide bonds. The number of amides is 1. The van der Waals surface area contributed by atoms with Crippen LogP contribution in [0.3, 0.4) is 0 Å². The van der Waals surface area contributed by atoms with Crippen LogP contribution in [0.25, 0.3) is 16.3 Å². The fourth-order valence-electron chi connectivity index (χ4n) is 2.70. The molecule has 7 nitrogen and oxygen atoms in total. The number of nitro benzene ring substituents is 1. The highest BCUT2D eigenvalue weighted by Gasteiger charge is 2.13. The summed E-state index contributed by atoms with van der Waals surface area (Å²) >= 11 is 13.9. The Balaban J connectivity index is 1.93. The van der Waals surface area contributed by atoms with Crippen LogP contribution in [0.15, 0.2) is 47.5 Å². The second-order valence-corrected chi connectivity index (χ2v) is 7.87. The summed E-state index contributed by atoms with van der Waals surface area (Å²) in [4.78, 5) is 27.3. The zero-order chi connectivity index (χ0) is 21.7. The fourth-order valence-corrected chi connectivity index (χ4v) is 4.25. The number of hydrogen-bond donors (Lipinski definition) is 0. The highest BCUT2D eigenvalue weighted by atomic mass is 35.5. The van der Waals surface area contributed by atoms with E-state index in [2.05, 4.69) is 4.99 Å². The summed E-state index contributed by atoms with van der Waals surface area (Å²) in [6.45, 7) is 3.37. The van der Waals surface area contributed by atoms with Gasteiger partial charge in [-0.3, -0.25) is 14.9 Å². The number of benzene rings is 2. The molecule has 0 aliphatic carbocycles. The van der Waals surface area contributed by atoms with Crippen molar-refractivity contribution in [3.8, 4) is 0 Å². The third-order valence-electron chi connectivity index (χ3n) is 4.13. The lowest BCUT2D eigenvalue weighted by Crippen LogP contribution is -2.19. The van der Waals surface area contributed by atoms with Gasteiger partial charge < -0.3 is 9.30 Å². The summed E-state index contributed by atoms with van der Waals surface area (Å²) in [7, 11) is 0. The van der Waals surface area contributed by atoms with Gasteiger partial charge in [0.15, 0.2) is 4.80 Å². The minimum absolute atomic E-state index is 0.0145. The van der Waals surface area contributed by atoms with Gasteiger partial charge in [0.05, 0.1) is 31.8 Å². The number of nitrogens with zero attached hydrogens (tertiary/aromatic N) is 3. The van der Waals surface area contributed by atoms with E-state index in [9.17, 15) is 14.9 Å². The molecule has 0 saturated carbocycles. The van der Waals surface area contributed by atoms with E-state index in [1.165, 1.54) is 29.5 Å². The maximum absolute atomic E-state index is 12.4. The zero-order valence-electron chi connectivity index (χ0n) is 15.9. The monoisotopic (exact) mass is 465 g/mol. The van der Waals surface area contributed by atoms with Crippen LogP contribution in [0.5, 0.6) is 0 Å². The predicted molar refractivity (Wildman–Crippen MR) is 119 cm³/mol. The molecule has 0 N–H and O–H groups in total. The van der Waals surface area contributed by atoms with Gasteiger partial charge in [0, 0.05) is 31.4 Å². The highest BCUT2D eigenvalue weighted by molar-refractivity contribution is 7.16. The van der Waals surface area contributed by atoms with Gasteiger partial charge in [-0.15, -0.1) is 0 Å². The Morgan fingerprint density at radius 3 is 2.67 bits per heavy atom. The molecule has 1 aromatic heterocycles. The number of halogens is 2. The number of nitro groups is 1. The maximum Gasteiger partial charge on any atom is 0.272 e. The first kappa shape index (κ1) is 22.2. The number of hydrogen-bond acceptors (Lipinski definition) is 5. The molecule has 156 valence electrons. The molecular formula is C20H17Cl2N3O4S. The number of carbonyl (C=O) groups excluding carboxylic acids is 1. The quantitative estimate of drug-likeness (QED) is 0.210. The Kier molecular flexibility index (Phi) is 7.38. The van der Waals surface area contributed by atoms with Crippen LogP contribution in [0, 0.1) is 10.1 Å². The van der Waals surface area contributed by atoms with Crippen LogP contribution in [-0.2, 0) is 16.1 Å². The van der Waals surface area contributed by atoms with Gasteiger partial charge in [-0.25, -0.2) is 0 Å². The molecule has 1 heterocycles. The standard InChI is InChI=1S/C20H17Cl2N3O4S/c1-2-29-12-11-24-19-16(9-8-15(21)18(19)22)30-20(24)23-17(26)10-5-13-3-6-14(7-4-13)25(27)28/h3-10H,2,11-12H2,1H3/b10-5+,23-20?. The van der Waals surface area contributed by atoms with Gasteiger partial charge >= 0.3 is 0 Å². The summed E-state index contributed by atoms with van der Waals surface area (Å²) in [6, 6.07) is 9.41. The lowest BCUT2D eigenvalue weighted by atomic mass is 10.2. The summed E-state index contributed by atoms with van der Waals surface area (Å²) < 4.78 is 8.11. The molecule has 0 radical (unpaired) electrons. The molecule has 0 fully saturated rings. The van der Waals surface area contributed by atoms with E-state index in [-0.39, 0.29) is 5.69 Å². The molecule has 3 rings (SSSR count). The molecule has 10 heteroatoms. The molecule has 3 aromatic rings. The van der Waals surface area contributed by atoms with Crippen LogP contribution in [-0.4, -0.2) is 28.6 Å². The Morgan fingerprint density at radius 2 is 2.00 bits per heavy atom. The van der Waals surface area contributed by atoms with Gasteiger partial charge in [0.1, 0.15) is 0 Å². The van der Waals surface area contributed by atoms with Crippen molar-refractivity contribution in [1.29, 1.82) is 0 Å². The van der Waals surface area contributed by atoms with Crippen LogP contribution < -0.4 is 4.80 Å². The number of fused-ring (bicyclic) bond motifs is 1. The van der Waals surface area contributed by atoms with Crippen molar-refractivity contribution >= 4 is 62.4 Å². The Labute approximate surface area is 186 Å². The van der Waals surface area contributed by atoms with E-state index in [4.69, 9.17) is 27.9 Å². The van der Waals surface area contributed by atoms with Crippen LogP contribution in [0.1, 0.15) is 12.5 Å². The van der Waals surface area contributed by atoms with Crippen LogP contribution in [0.2, 0.25) is 10.0 Å². The molecule has 0 unspecified atom stereocenters. The number of aromatic nitrogens is 1. The number of ether oxygens (including phenoxy) is 1. The van der Waals surface area contributed by atoms with Gasteiger partial charge in [0.2, 0.25) is 0 Å². The van der Waals surface area contributed by atoms with Crippen molar-refractivity contribution < 1.29 is 14.5 Å². The number of rotatable bonds is 7. The first-order chi connectivity index (χ1) is 14.4. The van der Waals surface area contributed by atoms with Crippen molar-refractivity contribution in [1.82, 2.24) is 4.57 Å². The molecular weight excluding hydrogens is 449 g/mol. The predicted octanol–water partition coefficient (Wildman–Crippen LogP) is 5.10. The topological polar surface area (TPSA) is 86.7 Å². The number of carbonyl (C=O) groups is 1. The fraction of sp³-hybridized carbons (Fsp3) is 0.200. The first-order valence-electron chi connectivity index (χ1n) is 8.97. The van der Waals surface area contributed by atoms with Gasteiger partial charge in [-0.1, -0.05) is 34.5 Å². The summed E-state index contributed by atoms with van der Waals surface area (Å²) in [5.41, 5.74) is 1.35. The average molecular weight is 466 g/mol. The van der Waals surface area contributed by atoms with E-state index < -0.39 is 10.8 Å². The molecule has 0 spiro atoms. The molecule has 0 saturated heterocycles. The normalized spacial score (nSPS) is 12.2. The van der Waals surface area contributed by atoms with Crippen LogP contribution >= 0.6 is 34.5 Å². The minimum atomic E-state index is -0.478. The second-order valence-electron chi connectivity index (χ2n) is 6.07. The highest BCUT2D eigenvalue weighted by Crippen LogP contribution is 2.32. The lowest BCUT2D eigenvalue weighted by molar-refractivity contribution is -0.384. The van der Waals surface area contributed by atoms with Crippen LogP contribution in [0.4, 0.5) is 5.69 Å². The lowest BCUT2D eigenvalue weighted by Gasteiger charge is -2.07. The van der Waals surface area contributed by atoms with Gasteiger partial charge in [-0.05, 0) is 42.8 Å². The van der Waals surface area contributed by atoms with E-state index in [0.717, 1.165) is 4.70 Å². The van der Waals surface area contributed by atoms with Gasteiger partial charge in [-0.2, -0.15) is 4.99 Å². The summed E-state index contributed by atoms with van der Waals surface area (Å²) in [5.74, 6) is -0.465. The molecule has 30 heavy (non-hydrogen) atoms. The van der Waals surface area contributed by atoms with Crippen molar-refractivity contribution in [3.63, 3.8) is 0 Å². The first-order valence-corrected chi connectivity index (χ1v) is 10.5. The Bertz CT molecular complexity index is 1180. The second kappa shape index (κ2) is 9.99. The smallest absolute Gasteiger partial charge is 0.272 e. The Morgan fingerprint density at radius 1 is 1.27 bits per heavy atom. The third-order valence-corrected chi connectivity index (χ3v) is 5.96. The summed E-state index contributed by atoms with van der Waals surface area (Å²) in [6.07, 6.45) is 2.87.